The van der Waals surface area contributed by atoms with Crippen LogP contribution < -0.4 is 10.2 Å². The Labute approximate surface area is 188 Å². The quantitative estimate of drug-likeness (QED) is 0.744. The molecule has 8 heteroatoms. The molecule has 1 aromatic carbocycles. The van der Waals surface area contributed by atoms with E-state index in [1.54, 1.807) is 11.3 Å². The third-order valence-corrected chi connectivity index (χ3v) is 7.00. The van der Waals surface area contributed by atoms with Gasteiger partial charge in [-0.3, -0.25) is 14.5 Å². The number of thiazole rings is 1. The summed E-state index contributed by atoms with van der Waals surface area (Å²) < 4.78 is 0. The molecule has 1 N–H and O–H groups in total. The van der Waals surface area contributed by atoms with Crippen LogP contribution in [0.1, 0.15) is 23.5 Å². The fraction of sp³-hybridized carbons (Fsp3) is 0.522. The van der Waals surface area contributed by atoms with Crippen molar-refractivity contribution in [3.8, 4) is 0 Å². The fourth-order valence-corrected chi connectivity index (χ4v) is 4.94. The van der Waals surface area contributed by atoms with Gasteiger partial charge in [0, 0.05) is 49.7 Å². The average Bonchev–Trinajstić information content (AvgIpc) is 3.23. The molecule has 0 bridgehead atoms. The van der Waals surface area contributed by atoms with Crippen molar-refractivity contribution in [3.63, 3.8) is 0 Å². The number of aryl methyl sites for hydroxylation is 1. The molecule has 2 aromatic rings. The Morgan fingerprint density at radius 3 is 2.42 bits per heavy atom. The van der Waals surface area contributed by atoms with E-state index in [1.165, 1.54) is 5.69 Å². The minimum Gasteiger partial charge on any atom is -0.368 e. The number of piperidine rings is 1. The number of hydrogen-bond donors (Lipinski definition) is 1. The van der Waals surface area contributed by atoms with Crippen LogP contribution in [0.4, 0.5) is 5.69 Å². The first-order chi connectivity index (χ1) is 15.1. The number of piperazine rings is 1. The zero-order valence-electron chi connectivity index (χ0n) is 18.1. The Hall–Kier alpha value is -2.45. The number of anilines is 1. The maximum atomic E-state index is 12.6. The van der Waals surface area contributed by atoms with E-state index >= 15 is 0 Å². The summed E-state index contributed by atoms with van der Waals surface area (Å²) in [4.78, 5) is 36.2. The van der Waals surface area contributed by atoms with Crippen molar-refractivity contribution >= 4 is 28.8 Å². The van der Waals surface area contributed by atoms with Gasteiger partial charge in [0.1, 0.15) is 0 Å². The van der Waals surface area contributed by atoms with E-state index in [0.717, 1.165) is 56.3 Å². The van der Waals surface area contributed by atoms with Crippen molar-refractivity contribution < 1.29 is 9.59 Å². The highest BCUT2D eigenvalue weighted by Crippen LogP contribution is 2.20. The molecule has 31 heavy (non-hydrogen) atoms. The van der Waals surface area contributed by atoms with Crippen LogP contribution in [-0.4, -0.2) is 72.4 Å². The molecule has 2 aliphatic rings. The first-order valence-electron chi connectivity index (χ1n) is 11.1. The number of nitrogens with zero attached hydrogens (tertiary/aromatic N) is 4. The molecule has 2 amide bonds. The third-order valence-electron chi connectivity index (χ3n) is 6.18. The second-order valence-corrected chi connectivity index (χ2v) is 9.39. The molecule has 0 unspecified atom stereocenters. The molecule has 0 aliphatic carbocycles. The van der Waals surface area contributed by atoms with E-state index in [-0.39, 0.29) is 24.3 Å². The van der Waals surface area contributed by atoms with E-state index in [1.807, 2.05) is 30.0 Å². The van der Waals surface area contributed by atoms with Gasteiger partial charge in [-0.2, -0.15) is 0 Å². The lowest BCUT2D eigenvalue weighted by atomic mass is 9.96. The monoisotopic (exact) mass is 441 g/mol. The summed E-state index contributed by atoms with van der Waals surface area (Å²) in [5.41, 5.74) is 2.31. The first kappa shape index (κ1) is 21.8. The Kier molecular flexibility index (Phi) is 7.19. The Bertz CT molecular complexity index is 871. The van der Waals surface area contributed by atoms with Crippen LogP contribution >= 0.6 is 11.3 Å². The minimum absolute atomic E-state index is 0.00357. The number of para-hydroxylation sites is 1. The van der Waals surface area contributed by atoms with Crippen LogP contribution in [0.3, 0.4) is 0 Å². The van der Waals surface area contributed by atoms with Gasteiger partial charge in [-0.25, -0.2) is 4.98 Å². The van der Waals surface area contributed by atoms with E-state index in [2.05, 4.69) is 37.6 Å². The van der Waals surface area contributed by atoms with Gasteiger partial charge in [0.05, 0.1) is 17.2 Å². The number of rotatable bonds is 6. The molecule has 1 aromatic heterocycles. The number of benzene rings is 1. The minimum atomic E-state index is -0.00357. The van der Waals surface area contributed by atoms with Crippen LogP contribution in [0.15, 0.2) is 35.7 Å². The van der Waals surface area contributed by atoms with Crippen molar-refractivity contribution in [1.29, 1.82) is 0 Å². The summed E-state index contributed by atoms with van der Waals surface area (Å²) >= 11 is 1.68. The van der Waals surface area contributed by atoms with Crippen molar-refractivity contribution in [1.82, 2.24) is 20.1 Å². The van der Waals surface area contributed by atoms with Gasteiger partial charge >= 0.3 is 0 Å². The van der Waals surface area contributed by atoms with Crippen molar-refractivity contribution in [3.05, 3.63) is 46.4 Å². The molecule has 0 atom stereocenters. The van der Waals surface area contributed by atoms with Crippen LogP contribution in [0.5, 0.6) is 0 Å². The number of likely N-dealkylation sites (tertiary alicyclic amines) is 1. The lowest BCUT2D eigenvalue weighted by Gasteiger charge is -2.36. The molecule has 0 radical (unpaired) electrons. The highest BCUT2D eigenvalue weighted by Gasteiger charge is 2.27. The standard InChI is InChI=1S/C23H31N5O2S/c1-18-25-20(17-31-18)16-26-9-7-19(8-10-26)23(30)24-15-22(29)28-13-11-27(12-14-28)21-5-3-2-4-6-21/h2-6,17,19H,7-16H2,1H3,(H,24,30). The average molecular weight is 442 g/mol. The summed E-state index contributed by atoms with van der Waals surface area (Å²) in [6.45, 7) is 7.79. The van der Waals surface area contributed by atoms with Crippen LogP contribution in [-0.2, 0) is 16.1 Å². The van der Waals surface area contributed by atoms with Gasteiger partial charge in [-0.05, 0) is 45.0 Å². The summed E-state index contributed by atoms with van der Waals surface area (Å²) in [6.07, 6.45) is 1.66. The number of amides is 2. The fourth-order valence-electron chi connectivity index (χ4n) is 4.33. The maximum Gasteiger partial charge on any atom is 0.242 e. The summed E-state index contributed by atoms with van der Waals surface area (Å²) in [5, 5.41) is 6.09. The van der Waals surface area contributed by atoms with Gasteiger partial charge in [0.25, 0.3) is 0 Å². The summed E-state index contributed by atoms with van der Waals surface area (Å²) in [6, 6.07) is 10.3. The van der Waals surface area contributed by atoms with Crippen molar-refractivity contribution in [2.45, 2.75) is 26.3 Å². The smallest absolute Gasteiger partial charge is 0.242 e. The maximum absolute atomic E-state index is 12.6. The predicted molar refractivity (Wildman–Crippen MR) is 123 cm³/mol. The number of nitrogens with one attached hydrogen (secondary N) is 1. The topological polar surface area (TPSA) is 68.8 Å². The summed E-state index contributed by atoms with van der Waals surface area (Å²) in [5.74, 6) is 0.0222. The largest absolute Gasteiger partial charge is 0.368 e. The lowest BCUT2D eigenvalue weighted by molar-refractivity contribution is -0.134. The molecular weight excluding hydrogens is 410 g/mol. The van der Waals surface area contributed by atoms with Crippen molar-refractivity contribution in [2.24, 2.45) is 5.92 Å². The number of hydrogen-bond acceptors (Lipinski definition) is 6. The second kappa shape index (κ2) is 10.2. The molecule has 2 fully saturated rings. The van der Waals surface area contributed by atoms with E-state index < -0.39 is 0 Å². The predicted octanol–water partition coefficient (Wildman–Crippen LogP) is 2.13. The Morgan fingerprint density at radius 1 is 1.06 bits per heavy atom. The summed E-state index contributed by atoms with van der Waals surface area (Å²) in [7, 11) is 0. The van der Waals surface area contributed by atoms with E-state index in [0.29, 0.717) is 13.1 Å². The molecule has 2 saturated heterocycles. The van der Waals surface area contributed by atoms with Gasteiger partial charge in [0.2, 0.25) is 11.8 Å². The highest BCUT2D eigenvalue weighted by atomic mass is 32.1. The lowest BCUT2D eigenvalue weighted by Crippen LogP contribution is -2.51. The Morgan fingerprint density at radius 2 is 1.77 bits per heavy atom. The number of aromatic nitrogens is 1. The van der Waals surface area contributed by atoms with Gasteiger partial charge in [-0.1, -0.05) is 18.2 Å². The van der Waals surface area contributed by atoms with Crippen LogP contribution in [0, 0.1) is 12.8 Å². The molecule has 3 heterocycles. The second-order valence-electron chi connectivity index (χ2n) is 8.33. The normalized spacial score (nSPS) is 18.2. The van der Waals surface area contributed by atoms with Gasteiger partial charge < -0.3 is 15.1 Å². The molecule has 2 aliphatic heterocycles. The highest BCUT2D eigenvalue weighted by molar-refractivity contribution is 7.09. The first-order valence-corrected chi connectivity index (χ1v) is 12.0. The third kappa shape index (κ3) is 5.83. The van der Waals surface area contributed by atoms with Gasteiger partial charge in [0.15, 0.2) is 0 Å². The zero-order chi connectivity index (χ0) is 21.6. The molecule has 166 valence electrons. The molecule has 7 nitrogen and oxygen atoms in total. The van der Waals surface area contributed by atoms with Crippen LogP contribution in [0.2, 0.25) is 0 Å². The number of carbonyl (C=O) groups excluding carboxylic acids is 2. The van der Waals surface area contributed by atoms with Crippen molar-refractivity contribution in [2.75, 3.05) is 50.7 Å². The molecule has 0 saturated carbocycles. The SMILES string of the molecule is Cc1nc(CN2CCC(C(=O)NCC(=O)N3CCN(c4ccccc4)CC3)CC2)cs1. The number of carbonyl (C=O) groups is 2. The van der Waals surface area contributed by atoms with Gasteiger partial charge in [-0.15, -0.1) is 11.3 Å². The van der Waals surface area contributed by atoms with Crippen LogP contribution in [0.25, 0.3) is 0 Å². The molecule has 0 spiro atoms. The Balaban J connectivity index is 1.15. The molecule has 4 rings (SSSR count). The molecular formula is C23H31N5O2S. The zero-order valence-corrected chi connectivity index (χ0v) is 18.9. The van der Waals surface area contributed by atoms with E-state index in [9.17, 15) is 9.59 Å². The van der Waals surface area contributed by atoms with E-state index in [4.69, 9.17) is 0 Å².